The molecule has 1 aromatic heterocycles. The molecule has 6 nitrogen and oxygen atoms in total. The van der Waals surface area contributed by atoms with Gasteiger partial charge < -0.3 is 10.6 Å². The smallest absolute Gasteiger partial charge is 0.274 e. The summed E-state index contributed by atoms with van der Waals surface area (Å²) >= 11 is 1.38. The molecule has 0 fully saturated rings. The highest BCUT2D eigenvalue weighted by atomic mass is 32.2. The summed E-state index contributed by atoms with van der Waals surface area (Å²) in [6.07, 6.45) is 3.33. The van der Waals surface area contributed by atoms with Crippen LogP contribution in [0.3, 0.4) is 0 Å². The van der Waals surface area contributed by atoms with Gasteiger partial charge in [-0.2, -0.15) is 0 Å². The molecule has 0 saturated carbocycles. The van der Waals surface area contributed by atoms with E-state index in [2.05, 4.69) is 15.6 Å². The van der Waals surface area contributed by atoms with Crippen molar-refractivity contribution in [3.63, 3.8) is 0 Å². The van der Waals surface area contributed by atoms with E-state index in [1.807, 2.05) is 19.2 Å². The molecule has 0 radical (unpaired) electrons. The zero-order chi connectivity index (χ0) is 20.3. The molecule has 2 N–H and O–H groups in total. The Morgan fingerprint density at radius 1 is 1.11 bits per heavy atom. The van der Waals surface area contributed by atoms with Crippen LogP contribution in [-0.2, 0) is 4.79 Å². The average molecular weight is 398 g/mol. The summed E-state index contributed by atoms with van der Waals surface area (Å²) in [4.78, 5) is 28.5. The first-order valence-electron chi connectivity index (χ1n) is 8.46. The quantitative estimate of drug-likeness (QED) is 0.630. The zero-order valence-corrected chi connectivity index (χ0v) is 16.4. The lowest BCUT2D eigenvalue weighted by molar-refractivity contribution is -0.114. The number of thioether (sulfide) groups is 1. The number of anilines is 2. The Hall–Kier alpha value is -3.13. The summed E-state index contributed by atoms with van der Waals surface area (Å²) in [7, 11) is 0. The number of amides is 2. The Bertz CT molecular complexity index is 1030. The van der Waals surface area contributed by atoms with Crippen molar-refractivity contribution >= 4 is 35.0 Å². The maximum Gasteiger partial charge on any atom is 0.274 e. The maximum atomic E-state index is 13.3. The van der Waals surface area contributed by atoms with Gasteiger partial charge in [0.15, 0.2) is 5.16 Å². The molecule has 0 bridgehead atoms. The van der Waals surface area contributed by atoms with E-state index < -0.39 is 0 Å². The number of rotatable bonds is 5. The number of nitrogens with one attached hydrogen (secondary N) is 2. The molecular formula is C20H19FN4O2S. The minimum atomic E-state index is -0.366. The van der Waals surface area contributed by atoms with Crippen LogP contribution in [0.15, 0.2) is 53.8 Å². The molecule has 28 heavy (non-hydrogen) atoms. The molecule has 0 unspecified atom stereocenters. The summed E-state index contributed by atoms with van der Waals surface area (Å²) < 4.78 is 14.9. The van der Waals surface area contributed by atoms with Gasteiger partial charge in [-0.05, 0) is 55.1 Å². The first-order valence-corrected chi connectivity index (χ1v) is 9.69. The van der Waals surface area contributed by atoms with E-state index in [-0.39, 0.29) is 17.6 Å². The van der Waals surface area contributed by atoms with Crippen LogP contribution in [0, 0.1) is 12.7 Å². The number of carbonyl (C=O) groups excluding carboxylic acids is 2. The second-order valence-electron chi connectivity index (χ2n) is 6.11. The maximum absolute atomic E-state index is 13.3. The summed E-state index contributed by atoms with van der Waals surface area (Å²) in [6, 6.07) is 11.1. The average Bonchev–Trinajstić information content (AvgIpc) is 3.09. The second-order valence-corrected chi connectivity index (χ2v) is 6.88. The number of hydrogen-bond donors (Lipinski definition) is 2. The van der Waals surface area contributed by atoms with Crippen LogP contribution >= 0.6 is 11.8 Å². The Kier molecular flexibility index (Phi) is 5.79. The van der Waals surface area contributed by atoms with Gasteiger partial charge in [0, 0.05) is 24.0 Å². The highest BCUT2D eigenvalue weighted by Gasteiger charge is 2.18. The van der Waals surface area contributed by atoms with Crippen molar-refractivity contribution in [2.45, 2.75) is 19.0 Å². The van der Waals surface area contributed by atoms with Gasteiger partial charge in [-0.1, -0.05) is 17.8 Å². The lowest BCUT2D eigenvalue weighted by Gasteiger charge is -2.13. The third-order valence-corrected chi connectivity index (χ3v) is 4.69. The Labute approximate surface area is 166 Å². The van der Waals surface area contributed by atoms with Gasteiger partial charge in [0.05, 0.1) is 6.20 Å². The molecule has 3 aromatic rings. The number of hydrogen-bond acceptors (Lipinski definition) is 4. The first-order chi connectivity index (χ1) is 13.4. The SMILES string of the molecule is CSc1ncc(C(=O)Nc2ccc(C)c(NC(C)=O)c2)n1-c1ccc(F)cc1. The minimum absolute atomic E-state index is 0.189. The van der Waals surface area contributed by atoms with Gasteiger partial charge >= 0.3 is 0 Å². The minimum Gasteiger partial charge on any atom is -0.326 e. The Balaban J connectivity index is 1.92. The number of nitrogens with zero attached hydrogens (tertiary/aromatic N) is 2. The van der Waals surface area contributed by atoms with E-state index in [1.165, 1.54) is 37.0 Å². The van der Waals surface area contributed by atoms with E-state index in [1.54, 1.807) is 28.8 Å². The van der Waals surface area contributed by atoms with Crippen molar-refractivity contribution in [2.75, 3.05) is 16.9 Å². The topological polar surface area (TPSA) is 76.0 Å². The van der Waals surface area contributed by atoms with Crippen molar-refractivity contribution in [3.8, 4) is 5.69 Å². The third kappa shape index (κ3) is 4.23. The van der Waals surface area contributed by atoms with Gasteiger partial charge in [0.2, 0.25) is 5.91 Å². The van der Waals surface area contributed by atoms with E-state index in [9.17, 15) is 14.0 Å². The molecule has 0 aliphatic rings. The largest absolute Gasteiger partial charge is 0.326 e. The fourth-order valence-corrected chi connectivity index (χ4v) is 3.24. The molecule has 2 aromatic carbocycles. The van der Waals surface area contributed by atoms with Gasteiger partial charge in [0.1, 0.15) is 11.5 Å². The highest BCUT2D eigenvalue weighted by Crippen LogP contribution is 2.24. The molecule has 144 valence electrons. The number of carbonyl (C=O) groups is 2. The van der Waals surface area contributed by atoms with Crippen LogP contribution in [0.1, 0.15) is 23.0 Å². The van der Waals surface area contributed by atoms with E-state index in [0.29, 0.717) is 27.9 Å². The number of aromatic nitrogens is 2. The van der Waals surface area contributed by atoms with Crippen molar-refractivity contribution in [1.82, 2.24) is 9.55 Å². The van der Waals surface area contributed by atoms with Gasteiger partial charge in [-0.15, -0.1) is 0 Å². The summed E-state index contributed by atoms with van der Waals surface area (Å²) in [5.41, 5.74) is 3.00. The van der Waals surface area contributed by atoms with Crippen molar-refractivity contribution < 1.29 is 14.0 Å². The summed E-state index contributed by atoms with van der Waals surface area (Å²) in [5, 5.41) is 6.17. The molecule has 0 spiro atoms. The second kappa shape index (κ2) is 8.26. The van der Waals surface area contributed by atoms with Crippen LogP contribution in [0.5, 0.6) is 0 Å². The summed E-state index contributed by atoms with van der Waals surface area (Å²) in [5.74, 6) is -0.911. The van der Waals surface area contributed by atoms with Crippen molar-refractivity contribution in [1.29, 1.82) is 0 Å². The fourth-order valence-electron chi connectivity index (χ4n) is 2.70. The number of halogens is 1. The molecule has 0 saturated heterocycles. The van der Waals surface area contributed by atoms with Crippen molar-refractivity contribution in [3.05, 3.63) is 65.7 Å². The molecular weight excluding hydrogens is 379 g/mol. The molecule has 0 aliphatic heterocycles. The monoisotopic (exact) mass is 398 g/mol. The van der Waals surface area contributed by atoms with Crippen molar-refractivity contribution in [2.24, 2.45) is 0 Å². The lowest BCUT2D eigenvalue weighted by atomic mass is 10.1. The van der Waals surface area contributed by atoms with Crippen LogP contribution in [0.2, 0.25) is 0 Å². The van der Waals surface area contributed by atoms with E-state index in [0.717, 1.165) is 5.56 Å². The molecule has 8 heteroatoms. The highest BCUT2D eigenvalue weighted by molar-refractivity contribution is 7.98. The molecule has 2 amide bonds. The van der Waals surface area contributed by atoms with Crippen LogP contribution in [0.4, 0.5) is 15.8 Å². The lowest BCUT2D eigenvalue weighted by Crippen LogP contribution is -2.17. The van der Waals surface area contributed by atoms with Crippen LogP contribution in [-0.4, -0.2) is 27.6 Å². The summed E-state index contributed by atoms with van der Waals surface area (Å²) in [6.45, 7) is 3.29. The first kappa shape index (κ1) is 19.6. The Morgan fingerprint density at radius 3 is 2.46 bits per heavy atom. The van der Waals surface area contributed by atoms with Crippen LogP contribution in [0.25, 0.3) is 5.69 Å². The number of benzene rings is 2. The predicted octanol–water partition coefficient (Wildman–Crippen LogP) is 4.25. The van der Waals surface area contributed by atoms with Gasteiger partial charge in [0.25, 0.3) is 5.91 Å². The molecule has 1 heterocycles. The molecule has 3 rings (SSSR count). The standard InChI is InChI=1S/C20H19FN4O2S/c1-12-4-7-15(10-17(12)23-13(2)26)24-19(27)18-11-22-20(28-3)25(18)16-8-5-14(21)6-9-16/h4-11H,1-3H3,(H,23,26)(H,24,27). The normalized spacial score (nSPS) is 10.6. The third-order valence-electron chi connectivity index (χ3n) is 4.04. The van der Waals surface area contributed by atoms with E-state index >= 15 is 0 Å². The van der Waals surface area contributed by atoms with Crippen LogP contribution < -0.4 is 10.6 Å². The Morgan fingerprint density at radius 2 is 1.82 bits per heavy atom. The fraction of sp³-hybridized carbons (Fsp3) is 0.150. The molecule has 0 atom stereocenters. The van der Waals surface area contributed by atoms with E-state index in [4.69, 9.17) is 0 Å². The zero-order valence-electron chi connectivity index (χ0n) is 15.6. The number of aryl methyl sites for hydroxylation is 1. The molecule has 0 aliphatic carbocycles. The number of imidazole rings is 1. The van der Waals surface area contributed by atoms with Gasteiger partial charge in [-0.3, -0.25) is 14.2 Å². The predicted molar refractivity (Wildman–Crippen MR) is 109 cm³/mol. The van der Waals surface area contributed by atoms with Gasteiger partial charge in [-0.25, -0.2) is 9.37 Å².